The number of nitrogens with one attached hydrogen (secondary N) is 1. The molecule has 0 amide bonds. The molecule has 1 unspecified atom stereocenters. The predicted molar refractivity (Wildman–Crippen MR) is 95.0 cm³/mol. The van der Waals surface area contributed by atoms with Crippen LogP contribution in [0.3, 0.4) is 0 Å². The SMILES string of the molecule is c1ccc2c3c(ccc2c1)OC[NH+](C12CC4CC(CC(C4)C1)C2)C3. The quantitative estimate of drug-likeness (QED) is 0.848. The molecule has 1 heterocycles. The number of benzene rings is 2. The van der Waals surface area contributed by atoms with E-state index < -0.39 is 0 Å². The van der Waals surface area contributed by atoms with Crippen LogP contribution in [0.2, 0.25) is 0 Å². The van der Waals surface area contributed by atoms with Crippen molar-refractivity contribution in [1.82, 2.24) is 0 Å². The highest BCUT2D eigenvalue weighted by atomic mass is 16.5. The van der Waals surface area contributed by atoms with Crippen molar-refractivity contribution in [3.8, 4) is 5.75 Å². The molecule has 24 heavy (non-hydrogen) atoms. The first-order chi connectivity index (χ1) is 11.8. The molecule has 1 aliphatic heterocycles. The van der Waals surface area contributed by atoms with Crippen molar-refractivity contribution < 1.29 is 9.64 Å². The molecule has 2 nitrogen and oxygen atoms in total. The summed E-state index contributed by atoms with van der Waals surface area (Å²) < 4.78 is 6.30. The second-order valence-electron chi connectivity index (χ2n) is 9.03. The fraction of sp³-hybridized carbons (Fsp3) is 0.545. The highest BCUT2D eigenvalue weighted by Gasteiger charge is 2.56. The summed E-state index contributed by atoms with van der Waals surface area (Å²) in [6, 6.07) is 13.2. The van der Waals surface area contributed by atoms with Gasteiger partial charge in [-0.25, -0.2) is 0 Å². The van der Waals surface area contributed by atoms with E-state index in [0.717, 1.165) is 36.8 Å². The minimum Gasteiger partial charge on any atom is -0.445 e. The lowest BCUT2D eigenvalue weighted by molar-refractivity contribution is -0.987. The fourth-order valence-electron chi connectivity index (χ4n) is 6.95. The van der Waals surface area contributed by atoms with Crippen molar-refractivity contribution >= 4 is 10.8 Å². The van der Waals surface area contributed by atoms with E-state index in [9.17, 15) is 0 Å². The van der Waals surface area contributed by atoms with Crippen LogP contribution in [0.15, 0.2) is 36.4 Å². The van der Waals surface area contributed by atoms with Crippen molar-refractivity contribution in [2.45, 2.75) is 50.6 Å². The molecule has 4 fully saturated rings. The van der Waals surface area contributed by atoms with E-state index in [4.69, 9.17) is 4.74 Å². The largest absolute Gasteiger partial charge is 0.445 e. The predicted octanol–water partition coefficient (Wildman–Crippen LogP) is 3.54. The maximum absolute atomic E-state index is 6.30. The Hall–Kier alpha value is -1.54. The van der Waals surface area contributed by atoms with Crippen molar-refractivity contribution in [2.75, 3.05) is 6.73 Å². The number of quaternary nitrogens is 1. The highest BCUT2D eigenvalue weighted by molar-refractivity contribution is 5.87. The van der Waals surface area contributed by atoms with Crippen LogP contribution < -0.4 is 9.64 Å². The normalized spacial score (nSPS) is 39.7. The van der Waals surface area contributed by atoms with E-state index in [1.807, 2.05) is 0 Å². The lowest BCUT2D eigenvalue weighted by Crippen LogP contribution is -3.21. The molecule has 0 spiro atoms. The molecule has 7 rings (SSSR count). The Kier molecular flexibility index (Phi) is 2.72. The van der Waals surface area contributed by atoms with Crippen molar-refractivity contribution in [3.05, 3.63) is 42.0 Å². The van der Waals surface area contributed by atoms with Gasteiger partial charge in [0.2, 0.25) is 6.73 Å². The van der Waals surface area contributed by atoms with Gasteiger partial charge in [0.1, 0.15) is 17.8 Å². The van der Waals surface area contributed by atoms with Gasteiger partial charge >= 0.3 is 0 Å². The molecule has 2 heteroatoms. The number of rotatable bonds is 1. The smallest absolute Gasteiger partial charge is 0.223 e. The molecule has 0 aromatic heterocycles. The van der Waals surface area contributed by atoms with Crippen LogP contribution in [0.25, 0.3) is 10.8 Å². The van der Waals surface area contributed by atoms with Crippen LogP contribution in [0, 0.1) is 17.8 Å². The molecule has 2 aromatic carbocycles. The van der Waals surface area contributed by atoms with Crippen LogP contribution in [0.5, 0.6) is 5.75 Å². The standard InChI is InChI=1S/C22H25NO/c1-2-4-19-18(3-1)5-6-21-20(19)13-23(14-24-21)22-10-15-7-16(11-22)9-17(8-15)12-22/h1-6,15-17H,7-14H2/p+1. The van der Waals surface area contributed by atoms with Gasteiger partial charge in [-0.3, -0.25) is 4.90 Å². The summed E-state index contributed by atoms with van der Waals surface area (Å²) in [5.41, 5.74) is 1.97. The van der Waals surface area contributed by atoms with E-state index in [2.05, 4.69) is 36.4 Å². The maximum Gasteiger partial charge on any atom is 0.223 e. The number of fused-ring (bicyclic) bond motifs is 3. The zero-order valence-electron chi connectivity index (χ0n) is 14.3. The Morgan fingerprint density at radius 3 is 2.33 bits per heavy atom. The third kappa shape index (κ3) is 1.86. The molecule has 0 radical (unpaired) electrons. The van der Waals surface area contributed by atoms with E-state index >= 15 is 0 Å². The van der Waals surface area contributed by atoms with Crippen LogP contribution in [-0.2, 0) is 6.54 Å². The molecule has 5 aliphatic rings. The summed E-state index contributed by atoms with van der Waals surface area (Å²) in [6.45, 7) is 2.03. The summed E-state index contributed by atoms with van der Waals surface area (Å²) >= 11 is 0. The molecule has 4 saturated carbocycles. The van der Waals surface area contributed by atoms with Gasteiger partial charge in [-0.2, -0.15) is 0 Å². The second kappa shape index (κ2) is 4.76. The average molecular weight is 320 g/mol. The molecule has 4 bridgehead atoms. The van der Waals surface area contributed by atoms with E-state index in [1.54, 1.807) is 4.90 Å². The average Bonchev–Trinajstić information content (AvgIpc) is 2.60. The highest BCUT2D eigenvalue weighted by Crippen LogP contribution is 2.54. The second-order valence-corrected chi connectivity index (χ2v) is 9.03. The number of hydrogen-bond donors (Lipinski definition) is 1. The van der Waals surface area contributed by atoms with E-state index in [-0.39, 0.29) is 0 Å². The number of hydrogen-bond acceptors (Lipinski definition) is 1. The molecular weight excluding hydrogens is 294 g/mol. The summed E-state index contributed by atoms with van der Waals surface area (Å²) in [5.74, 6) is 4.16. The summed E-state index contributed by atoms with van der Waals surface area (Å²) in [5, 5.41) is 2.75. The monoisotopic (exact) mass is 320 g/mol. The van der Waals surface area contributed by atoms with Crippen LogP contribution in [0.4, 0.5) is 0 Å². The Balaban J connectivity index is 1.40. The summed E-state index contributed by atoms with van der Waals surface area (Å²) in [7, 11) is 0. The van der Waals surface area contributed by atoms with Gasteiger partial charge in [-0.1, -0.05) is 30.3 Å². The zero-order chi connectivity index (χ0) is 15.7. The topological polar surface area (TPSA) is 13.7 Å². The van der Waals surface area contributed by atoms with Gasteiger partial charge in [-0.05, 0) is 53.9 Å². The van der Waals surface area contributed by atoms with Crippen LogP contribution in [-0.4, -0.2) is 12.3 Å². The van der Waals surface area contributed by atoms with Gasteiger partial charge in [0.05, 0.1) is 5.56 Å². The zero-order valence-corrected chi connectivity index (χ0v) is 14.3. The van der Waals surface area contributed by atoms with Gasteiger partial charge in [0.15, 0.2) is 0 Å². The third-order valence-electron chi connectivity index (χ3n) is 7.58. The molecule has 124 valence electrons. The lowest BCUT2D eigenvalue weighted by Gasteiger charge is -2.58. The van der Waals surface area contributed by atoms with E-state index in [0.29, 0.717) is 5.54 Å². The molecule has 4 aliphatic carbocycles. The third-order valence-corrected chi connectivity index (χ3v) is 7.58. The molecule has 0 saturated heterocycles. The first kappa shape index (κ1) is 13.7. The first-order valence-corrected chi connectivity index (χ1v) is 9.78. The first-order valence-electron chi connectivity index (χ1n) is 9.78. The van der Waals surface area contributed by atoms with Gasteiger partial charge in [0.25, 0.3) is 0 Å². The molecule has 2 aromatic rings. The van der Waals surface area contributed by atoms with Gasteiger partial charge < -0.3 is 4.74 Å². The minimum absolute atomic E-state index is 0.517. The van der Waals surface area contributed by atoms with Crippen LogP contribution >= 0.6 is 0 Å². The van der Waals surface area contributed by atoms with Crippen molar-refractivity contribution in [1.29, 1.82) is 0 Å². The van der Waals surface area contributed by atoms with Crippen molar-refractivity contribution in [3.63, 3.8) is 0 Å². The summed E-state index contributed by atoms with van der Waals surface area (Å²) in [4.78, 5) is 1.73. The fourth-order valence-corrected chi connectivity index (χ4v) is 6.95. The number of ether oxygens (including phenoxy) is 1. The van der Waals surface area contributed by atoms with Crippen molar-refractivity contribution in [2.24, 2.45) is 17.8 Å². The van der Waals surface area contributed by atoms with Crippen LogP contribution in [0.1, 0.15) is 44.1 Å². The lowest BCUT2D eigenvalue weighted by atomic mass is 9.52. The van der Waals surface area contributed by atoms with Gasteiger partial charge in [0, 0.05) is 19.3 Å². The Morgan fingerprint density at radius 1 is 0.875 bits per heavy atom. The maximum atomic E-state index is 6.30. The van der Waals surface area contributed by atoms with E-state index in [1.165, 1.54) is 54.9 Å². The minimum atomic E-state index is 0.517. The molecular formula is C22H26NO+. The van der Waals surface area contributed by atoms with Gasteiger partial charge in [-0.15, -0.1) is 0 Å². The molecule has 1 N–H and O–H groups in total. The summed E-state index contributed by atoms with van der Waals surface area (Å²) in [6.07, 6.45) is 8.93. The Bertz CT molecular complexity index is 775. The Morgan fingerprint density at radius 2 is 1.58 bits per heavy atom. The Labute approximate surface area is 143 Å². The molecule has 1 atom stereocenters.